The molecule has 0 unspecified atom stereocenters. The van der Waals surface area contributed by atoms with Crippen molar-refractivity contribution in [3.63, 3.8) is 0 Å². The predicted molar refractivity (Wildman–Crippen MR) is 74.3 cm³/mol. The Morgan fingerprint density at radius 3 is 2.60 bits per heavy atom. The monoisotopic (exact) mass is 267 g/mol. The molecule has 20 heavy (non-hydrogen) atoms. The first kappa shape index (κ1) is 12.2. The van der Waals surface area contributed by atoms with Gasteiger partial charge in [0.1, 0.15) is 6.33 Å². The summed E-state index contributed by atoms with van der Waals surface area (Å²) in [5.41, 5.74) is 0.892. The van der Waals surface area contributed by atoms with Crippen LogP contribution in [0.3, 0.4) is 0 Å². The zero-order chi connectivity index (χ0) is 13.8. The molecule has 0 aliphatic rings. The van der Waals surface area contributed by atoms with Crippen LogP contribution in [0.4, 0.5) is 5.95 Å². The molecule has 7 heteroatoms. The van der Waals surface area contributed by atoms with Crippen LogP contribution in [-0.4, -0.2) is 36.0 Å². The zero-order valence-electron chi connectivity index (χ0n) is 10.9. The van der Waals surface area contributed by atoms with E-state index in [2.05, 4.69) is 30.2 Å². The number of nitrogens with one attached hydrogen (secondary N) is 1. The second-order valence-corrected chi connectivity index (χ2v) is 4.02. The van der Waals surface area contributed by atoms with E-state index in [9.17, 15) is 0 Å². The Morgan fingerprint density at radius 2 is 1.90 bits per heavy atom. The third kappa shape index (κ3) is 2.46. The van der Waals surface area contributed by atoms with Gasteiger partial charge in [0.05, 0.1) is 0 Å². The van der Waals surface area contributed by atoms with E-state index < -0.39 is 0 Å². The number of pyridine rings is 1. The minimum Gasteiger partial charge on any atom is -0.354 e. The first-order chi connectivity index (χ1) is 9.86. The van der Waals surface area contributed by atoms with E-state index in [0.717, 1.165) is 12.1 Å². The molecule has 3 aromatic rings. The zero-order valence-corrected chi connectivity index (χ0v) is 10.9. The van der Waals surface area contributed by atoms with Crippen molar-refractivity contribution in [2.75, 3.05) is 11.9 Å². The fourth-order valence-electron chi connectivity index (χ4n) is 1.72. The van der Waals surface area contributed by atoms with Crippen LogP contribution in [0.1, 0.15) is 6.92 Å². The SMILES string of the molecule is CCNc1nc(-c2ccncc2)nc(-n2ccnc2)n1. The minimum absolute atomic E-state index is 0.528. The van der Waals surface area contributed by atoms with Gasteiger partial charge in [0.2, 0.25) is 11.9 Å². The lowest BCUT2D eigenvalue weighted by Gasteiger charge is -2.07. The van der Waals surface area contributed by atoms with Crippen molar-refractivity contribution in [1.29, 1.82) is 0 Å². The molecule has 0 saturated heterocycles. The van der Waals surface area contributed by atoms with E-state index in [1.807, 2.05) is 19.1 Å². The summed E-state index contributed by atoms with van der Waals surface area (Å²) in [5.74, 6) is 1.67. The molecule has 0 bridgehead atoms. The van der Waals surface area contributed by atoms with E-state index in [4.69, 9.17) is 0 Å². The van der Waals surface area contributed by atoms with Crippen molar-refractivity contribution in [3.8, 4) is 17.3 Å². The number of hydrogen-bond acceptors (Lipinski definition) is 6. The van der Waals surface area contributed by atoms with Gasteiger partial charge in [0.15, 0.2) is 5.82 Å². The van der Waals surface area contributed by atoms with E-state index in [-0.39, 0.29) is 0 Å². The van der Waals surface area contributed by atoms with E-state index >= 15 is 0 Å². The Hall–Kier alpha value is -2.83. The Bertz CT molecular complexity index is 679. The lowest BCUT2D eigenvalue weighted by atomic mass is 10.2. The highest BCUT2D eigenvalue weighted by Gasteiger charge is 2.09. The first-order valence-electron chi connectivity index (χ1n) is 6.25. The summed E-state index contributed by atoms with van der Waals surface area (Å²) in [7, 11) is 0. The van der Waals surface area contributed by atoms with Gasteiger partial charge in [-0.1, -0.05) is 0 Å². The molecule has 3 rings (SSSR count). The van der Waals surface area contributed by atoms with Gasteiger partial charge in [0, 0.05) is 36.9 Å². The molecule has 0 fully saturated rings. The van der Waals surface area contributed by atoms with Crippen LogP contribution in [0.5, 0.6) is 0 Å². The quantitative estimate of drug-likeness (QED) is 0.772. The average Bonchev–Trinajstić information content (AvgIpc) is 3.02. The van der Waals surface area contributed by atoms with Crippen LogP contribution in [0.25, 0.3) is 17.3 Å². The van der Waals surface area contributed by atoms with Crippen LogP contribution in [0.2, 0.25) is 0 Å². The molecule has 0 radical (unpaired) electrons. The normalized spacial score (nSPS) is 10.4. The van der Waals surface area contributed by atoms with Gasteiger partial charge >= 0.3 is 0 Å². The van der Waals surface area contributed by atoms with Crippen molar-refractivity contribution >= 4 is 5.95 Å². The van der Waals surface area contributed by atoms with Crippen molar-refractivity contribution < 1.29 is 0 Å². The van der Waals surface area contributed by atoms with E-state index in [1.54, 1.807) is 35.7 Å². The number of rotatable bonds is 4. The second-order valence-electron chi connectivity index (χ2n) is 4.02. The highest BCUT2D eigenvalue weighted by atomic mass is 15.2. The second kappa shape index (κ2) is 5.43. The first-order valence-corrected chi connectivity index (χ1v) is 6.25. The number of hydrogen-bond donors (Lipinski definition) is 1. The Morgan fingerprint density at radius 1 is 1.05 bits per heavy atom. The van der Waals surface area contributed by atoms with Gasteiger partial charge in [-0.05, 0) is 19.1 Å². The van der Waals surface area contributed by atoms with Gasteiger partial charge in [-0.2, -0.15) is 15.0 Å². The van der Waals surface area contributed by atoms with Crippen LogP contribution in [-0.2, 0) is 0 Å². The number of imidazole rings is 1. The Labute approximate surface area is 115 Å². The minimum atomic E-state index is 0.528. The molecule has 3 aromatic heterocycles. The summed E-state index contributed by atoms with van der Waals surface area (Å²) in [4.78, 5) is 21.2. The van der Waals surface area contributed by atoms with Crippen LogP contribution in [0.15, 0.2) is 43.2 Å². The Kier molecular flexibility index (Phi) is 3.32. The highest BCUT2D eigenvalue weighted by Crippen LogP contribution is 2.16. The van der Waals surface area contributed by atoms with Crippen LogP contribution in [0, 0.1) is 0 Å². The van der Waals surface area contributed by atoms with Gasteiger partial charge in [-0.25, -0.2) is 4.98 Å². The van der Waals surface area contributed by atoms with E-state index in [1.165, 1.54) is 0 Å². The molecule has 0 atom stereocenters. The molecule has 0 aliphatic carbocycles. The maximum atomic E-state index is 4.46. The lowest BCUT2D eigenvalue weighted by Crippen LogP contribution is -2.09. The maximum Gasteiger partial charge on any atom is 0.240 e. The fraction of sp³-hybridized carbons (Fsp3) is 0.154. The van der Waals surface area contributed by atoms with E-state index in [0.29, 0.717) is 17.7 Å². The standard InChI is InChI=1S/C13H13N7/c1-2-16-12-17-11(10-3-5-14-6-4-10)18-13(19-12)20-8-7-15-9-20/h3-9H,2H2,1H3,(H,16,17,18,19). The summed E-state index contributed by atoms with van der Waals surface area (Å²) in [6.07, 6.45) is 8.55. The molecular weight excluding hydrogens is 254 g/mol. The van der Waals surface area contributed by atoms with Crippen LogP contribution < -0.4 is 5.32 Å². The molecule has 3 heterocycles. The largest absolute Gasteiger partial charge is 0.354 e. The summed E-state index contributed by atoms with van der Waals surface area (Å²) in [6.45, 7) is 2.73. The van der Waals surface area contributed by atoms with Gasteiger partial charge in [-0.3, -0.25) is 9.55 Å². The molecule has 0 amide bonds. The number of aromatic nitrogens is 6. The summed E-state index contributed by atoms with van der Waals surface area (Å²) >= 11 is 0. The summed E-state index contributed by atoms with van der Waals surface area (Å²) < 4.78 is 1.74. The Balaban J connectivity index is 2.10. The maximum absolute atomic E-state index is 4.46. The summed E-state index contributed by atoms with van der Waals surface area (Å²) in [5, 5.41) is 3.11. The molecule has 1 N–H and O–H groups in total. The predicted octanol–water partition coefficient (Wildman–Crippen LogP) is 1.55. The molecular formula is C13H13N7. The smallest absolute Gasteiger partial charge is 0.240 e. The number of anilines is 1. The molecule has 7 nitrogen and oxygen atoms in total. The lowest BCUT2D eigenvalue weighted by molar-refractivity contribution is 0.896. The average molecular weight is 267 g/mol. The fourth-order valence-corrected chi connectivity index (χ4v) is 1.72. The van der Waals surface area contributed by atoms with Crippen molar-refractivity contribution in [2.24, 2.45) is 0 Å². The van der Waals surface area contributed by atoms with Crippen molar-refractivity contribution in [3.05, 3.63) is 43.2 Å². The van der Waals surface area contributed by atoms with Gasteiger partial charge in [0.25, 0.3) is 0 Å². The van der Waals surface area contributed by atoms with Crippen molar-refractivity contribution in [1.82, 2.24) is 29.5 Å². The molecule has 0 aliphatic heterocycles. The third-order valence-corrected chi connectivity index (χ3v) is 2.63. The number of nitrogens with zero attached hydrogens (tertiary/aromatic N) is 6. The summed E-state index contributed by atoms with van der Waals surface area (Å²) in [6, 6.07) is 3.73. The van der Waals surface area contributed by atoms with Gasteiger partial charge in [-0.15, -0.1) is 0 Å². The molecule has 100 valence electrons. The third-order valence-electron chi connectivity index (χ3n) is 2.63. The molecule has 0 aromatic carbocycles. The van der Waals surface area contributed by atoms with Gasteiger partial charge < -0.3 is 5.32 Å². The molecule has 0 spiro atoms. The van der Waals surface area contributed by atoms with Crippen LogP contribution >= 0.6 is 0 Å². The highest BCUT2D eigenvalue weighted by molar-refractivity contribution is 5.55. The molecule has 0 saturated carbocycles. The van der Waals surface area contributed by atoms with Crippen molar-refractivity contribution in [2.45, 2.75) is 6.92 Å². The topological polar surface area (TPSA) is 81.4 Å².